The van der Waals surface area contributed by atoms with Gasteiger partial charge in [0.05, 0.1) is 5.69 Å². The summed E-state index contributed by atoms with van der Waals surface area (Å²) in [5.41, 5.74) is 9.07. The number of nitrogens with two attached hydrogens (primary N) is 1. The van der Waals surface area contributed by atoms with Crippen molar-refractivity contribution in [2.75, 3.05) is 0 Å². The lowest BCUT2D eigenvalue weighted by Crippen LogP contribution is -2.28. The maximum absolute atomic E-state index is 6.05. The summed E-state index contributed by atoms with van der Waals surface area (Å²) < 4.78 is 2.37. The number of rotatable bonds is 1. The Kier molecular flexibility index (Phi) is 2.54. The van der Waals surface area contributed by atoms with Crippen molar-refractivity contribution in [1.82, 2.24) is 9.55 Å². The zero-order chi connectivity index (χ0) is 12.0. The summed E-state index contributed by atoms with van der Waals surface area (Å²) in [6.45, 7) is 2.38. The minimum atomic E-state index is 0.316. The van der Waals surface area contributed by atoms with Crippen molar-refractivity contribution >= 4 is 0 Å². The summed E-state index contributed by atoms with van der Waals surface area (Å²) in [6, 6.07) is 0.321. The van der Waals surface area contributed by atoms with Crippen LogP contribution in [0.3, 0.4) is 0 Å². The standard InChI is InChI=1S/C14H23N3/c1-14(7-3-4-8-14)13-16-11-9-10(15)5-6-12(11)17(13)2/h10H,3-9,15H2,1-2H3. The molecule has 2 N–H and O–H groups in total. The largest absolute Gasteiger partial charge is 0.334 e. The van der Waals surface area contributed by atoms with Crippen LogP contribution in [0.15, 0.2) is 0 Å². The van der Waals surface area contributed by atoms with Gasteiger partial charge in [0.25, 0.3) is 0 Å². The third-order valence-corrected chi connectivity index (χ3v) is 4.75. The fourth-order valence-electron chi connectivity index (χ4n) is 3.66. The second-order valence-corrected chi connectivity index (χ2v) is 6.16. The lowest BCUT2D eigenvalue weighted by atomic mass is 9.88. The maximum Gasteiger partial charge on any atom is 0.114 e. The Balaban J connectivity index is 2.01. The van der Waals surface area contributed by atoms with Gasteiger partial charge in [-0.05, 0) is 25.7 Å². The van der Waals surface area contributed by atoms with E-state index in [9.17, 15) is 0 Å². The van der Waals surface area contributed by atoms with Crippen LogP contribution in [0.4, 0.5) is 0 Å². The summed E-state index contributed by atoms with van der Waals surface area (Å²) in [5.74, 6) is 1.31. The van der Waals surface area contributed by atoms with Gasteiger partial charge in [-0.3, -0.25) is 0 Å². The molecule has 0 spiro atoms. The third kappa shape index (κ3) is 1.71. The Hall–Kier alpha value is -0.830. The first-order chi connectivity index (χ1) is 8.10. The van der Waals surface area contributed by atoms with Gasteiger partial charge in [-0.15, -0.1) is 0 Å². The minimum absolute atomic E-state index is 0.316. The lowest BCUT2D eigenvalue weighted by Gasteiger charge is -2.23. The van der Waals surface area contributed by atoms with Gasteiger partial charge < -0.3 is 10.3 Å². The first-order valence-corrected chi connectivity index (χ1v) is 6.91. The fourth-order valence-corrected chi connectivity index (χ4v) is 3.66. The van der Waals surface area contributed by atoms with Crippen LogP contribution in [0.25, 0.3) is 0 Å². The Morgan fingerprint density at radius 2 is 2.06 bits per heavy atom. The highest BCUT2D eigenvalue weighted by atomic mass is 15.1. The summed E-state index contributed by atoms with van der Waals surface area (Å²) in [5, 5.41) is 0. The highest BCUT2D eigenvalue weighted by Crippen LogP contribution is 2.41. The van der Waals surface area contributed by atoms with Crippen LogP contribution in [0.2, 0.25) is 0 Å². The minimum Gasteiger partial charge on any atom is -0.334 e. The average Bonchev–Trinajstić information content (AvgIpc) is 2.85. The molecule has 3 rings (SSSR count). The molecule has 1 unspecified atom stereocenters. The van der Waals surface area contributed by atoms with Gasteiger partial charge in [0.2, 0.25) is 0 Å². The van der Waals surface area contributed by atoms with Crippen molar-refractivity contribution in [3.05, 3.63) is 17.2 Å². The van der Waals surface area contributed by atoms with E-state index in [1.165, 1.54) is 42.9 Å². The van der Waals surface area contributed by atoms with E-state index >= 15 is 0 Å². The summed E-state index contributed by atoms with van der Waals surface area (Å²) in [7, 11) is 2.20. The normalized spacial score (nSPS) is 27.1. The van der Waals surface area contributed by atoms with E-state index in [-0.39, 0.29) is 0 Å². The van der Waals surface area contributed by atoms with Crippen molar-refractivity contribution < 1.29 is 0 Å². The Morgan fingerprint density at radius 1 is 1.35 bits per heavy atom. The molecule has 1 aromatic rings. The fraction of sp³-hybridized carbons (Fsp3) is 0.786. The summed E-state index contributed by atoms with van der Waals surface area (Å²) >= 11 is 0. The van der Waals surface area contributed by atoms with E-state index in [4.69, 9.17) is 10.7 Å². The van der Waals surface area contributed by atoms with Gasteiger partial charge in [0.15, 0.2) is 0 Å². The average molecular weight is 233 g/mol. The number of hydrogen-bond donors (Lipinski definition) is 1. The molecule has 3 nitrogen and oxygen atoms in total. The van der Waals surface area contributed by atoms with E-state index < -0.39 is 0 Å². The molecule has 2 aliphatic carbocycles. The van der Waals surface area contributed by atoms with Crippen LogP contribution in [-0.4, -0.2) is 15.6 Å². The molecule has 17 heavy (non-hydrogen) atoms. The Morgan fingerprint density at radius 3 is 2.76 bits per heavy atom. The molecule has 94 valence electrons. The van der Waals surface area contributed by atoms with Crippen LogP contribution in [-0.2, 0) is 25.3 Å². The van der Waals surface area contributed by atoms with E-state index in [2.05, 4.69) is 18.5 Å². The molecule has 0 bridgehead atoms. The van der Waals surface area contributed by atoms with Gasteiger partial charge >= 0.3 is 0 Å². The van der Waals surface area contributed by atoms with Crippen molar-refractivity contribution in [2.24, 2.45) is 12.8 Å². The molecule has 0 aromatic carbocycles. The molecular weight excluding hydrogens is 210 g/mol. The molecule has 1 saturated carbocycles. The van der Waals surface area contributed by atoms with Gasteiger partial charge in [-0.2, -0.15) is 0 Å². The van der Waals surface area contributed by atoms with Gasteiger partial charge in [0, 0.05) is 30.6 Å². The predicted octanol–water partition coefficient (Wildman–Crippen LogP) is 2.07. The van der Waals surface area contributed by atoms with Crippen LogP contribution < -0.4 is 5.73 Å². The predicted molar refractivity (Wildman–Crippen MR) is 69.0 cm³/mol. The molecule has 1 atom stereocenters. The Bertz CT molecular complexity index is 427. The first kappa shape index (κ1) is 11.3. The SMILES string of the molecule is Cn1c(C2(C)CCCC2)nc2c1CCC(N)C2. The van der Waals surface area contributed by atoms with Crippen LogP contribution >= 0.6 is 0 Å². The molecule has 0 saturated heterocycles. The summed E-state index contributed by atoms with van der Waals surface area (Å²) in [4.78, 5) is 4.94. The van der Waals surface area contributed by atoms with E-state index in [1.807, 2.05) is 0 Å². The zero-order valence-corrected chi connectivity index (χ0v) is 11.0. The second-order valence-electron chi connectivity index (χ2n) is 6.16. The van der Waals surface area contributed by atoms with Crippen LogP contribution in [0.5, 0.6) is 0 Å². The van der Waals surface area contributed by atoms with Crippen molar-refractivity contribution in [3.63, 3.8) is 0 Å². The zero-order valence-electron chi connectivity index (χ0n) is 11.0. The molecule has 0 radical (unpaired) electrons. The molecule has 0 amide bonds. The van der Waals surface area contributed by atoms with E-state index in [0.29, 0.717) is 11.5 Å². The molecule has 1 heterocycles. The van der Waals surface area contributed by atoms with E-state index in [0.717, 1.165) is 19.3 Å². The smallest absolute Gasteiger partial charge is 0.114 e. The van der Waals surface area contributed by atoms with Crippen molar-refractivity contribution in [3.8, 4) is 0 Å². The first-order valence-electron chi connectivity index (χ1n) is 6.91. The van der Waals surface area contributed by atoms with Crippen molar-refractivity contribution in [2.45, 2.75) is 63.3 Å². The van der Waals surface area contributed by atoms with Gasteiger partial charge in [-0.1, -0.05) is 19.8 Å². The second kappa shape index (κ2) is 3.84. The van der Waals surface area contributed by atoms with E-state index in [1.54, 1.807) is 0 Å². The highest BCUT2D eigenvalue weighted by molar-refractivity contribution is 5.25. The number of fused-ring (bicyclic) bond motifs is 1. The molecule has 2 aliphatic rings. The number of hydrogen-bond acceptors (Lipinski definition) is 2. The summed E-state index contributed by atoms with van der Waals surface area (Å²) in [6.07, 6.45) is 8.49. The van der Waals surface area contributed by atoms with Crippen LogP contribution in [0.1, 0.15) is 56.2 Å². The maximum atomic E-state index is 6.05. The number of nitrogens with zero attached hydrogens (tertiary/aromatic N) is 2. The quantitative estimate of drug-likeness (QED) is 0.807. The topological polar surface area (TPSA) is 43.8 Å². The molecule has 1 fully saturated rings. The lowest BCUT2D eigenvalue weighted by molar-refractivity contribution is 0.441. The molecule has 3 heteroatoms. The molecule has 1 aromatic heterocycles. The monoisotopic (exact) mass is 233 g/mol. The number of aromatic nitrogens is 2. The van der Waals surface area contributed by atoms with Crippen molar-refractivity contribution in [1.29, 1.82) is 0 Å². The van der Waals surface area contributed by atoms with Gasteiger partial charge in [-0.25, -0.2) is 4.98 Å². The molecule has 0 aliphatic heterocycles. The molecular formula is C14H23N3. The number of imidazole rings is 1. The highest BCUT2D eigenvalue weighted by Gasteiger charge is 2.36. The Labute approximate surface area is 103 Å². The van der Waals surface area contributed by atoms with Crippen LogP contribution in [0, 0.1) is 0 Å². The van der Waals surface area contributed by atoms with Gasteiger partial charge in [0.1, 0.15) is 5.82 Å². The third-order valence-electron chi connectivity index (χ3n) is 4.75.